The molecule has 0 fully saturated rings. The number of alkyl halides is 1. The van der Waals surface area contributed by atoms with Gasteiger partial charge in [-0.3, -0.25) is 4.57 Å². The molecule has 19 aromatic carbocycles. The molecule has 1 atom stereocenters. The predicted octanol–water partition coefficient (Wildman–Crippen LogP) is 25.7. The molecule has 0 saturated carbocycles. The Balaban J connectivity index is 0.000000143. The number of para-hydroxylation sites is 6. The zero-order valence-electron chi connectivity index (χ0n) is 69.5. The van der Waals surface area contributed by atoms with Crippen LogP contribution in [0.5, 0.6) is 5.75 Å². The van der Waals surface area contributed by atoms with Crippen molar-refractivity contribution in [1.82, 2.24) is 14.1 Å². The summed E-state index contributed by atoms with van der Waals surface area (Å²) in [6.45, 7) is 4.70. The first-order valence-electron chi connectivity index (χ1n) is 41.7. The molecule has 3 radical (unpaired) electrons. The van der Waals surface area contributed by atoms with Crippen LogP contribution in [0.4, 0.5) is 21.5 Å². The normalized spacial score (nSPS) is 11.8. The number of pyridine rings is 1. The molecule has 0 aliphatic heterocycles. The zero-order chi connectivity index (χ0) is 82.9. The minimum absolute atomic E-state index is 0. The van der Waals surface area contributed by atoms with Crippen molar-refractivity contribution in [2.45, 2.75) is 19.3 Å². The molecule has 23 rings (SSSR count). The van der Waals surface area contributed by atoms with Gasteiger partial charge in [0.15, 0.2) is 6.20 Å². The van der Waals surface area contributed by atoms with E-state index in [0.29, 0.717) is 5.52 Å². The van der Waals surface area contributed by atoms with Gasteiger partial charge in [-0.2, -0.15) is 0 Å². The number of hydrogen-bond acceptors (Lipinski definition) is 3. The van der Waals surface area contributed by atoms with Crippen molar-refractivity contribution in [2.75, 3.05) is 11.3 Å². The Morgan fingerprint density at radius 3 is 1.40 bits per heavy atom. The quantitative estimate of drug-likeness (QED) is 0.0696. The van der Waals surface area contributed by atoms with Gasteiger partial charge in [-0.05, 0) is 248 Å². The van der Waals surface area contributed by atoms with Crippen LogP contribution in [-0.4, -0.2) is 54.3 Å². The first kappa shape index (κ1) is 82.4. The fourth-order valence-electron chi connectivity index (χ4n) is 18.2. The summed E-state index contributed by atoms with van der Waals surface area (Å²) in [4.78, 5) is 10.4. The van der Waals surface area contributed by atoms with E-state index in [1.807, 2.05) is 18.2 Å². The van der Waals surface area contributed by atoms with Gasteiger partial charge in [0.25, 0.3) is 0 Å². The number of aromatic nitrogens is 4. The zero-order valence-corrected chi connectivity index (χ0v) is 75.0. The van der Waals surface area contributed by atoms with Crippen LogP contribution in [0.15, 0.2) is 437 Å². The minimum Gasteiger partial charge on any atom is -0.868 e. The molecular formula is C114H84BBiFLiN5OP+. The van der Waals surface area contributed by atoms with Gasteiger partial charge < -0.3 is 14.6 Å². The Hall–Kier alpha value is -13.6. The van der Waals surface area contributed by atoms with E-state index in [1.54, 1.807) is 18.3 Å². The molecule has 125 heavy (non-hydrogen) atoms. The van der Waals surface area contributed by atoms with Gasteiger partial charge in [0, 0.05) is 61.6 Å². The van der Waals surface area contributed by atoms with E-state index < -0.39 is 0 Å². The van der Waals surface area contributed by atoms with Crippen molar-refractivity contribution in [1.29, 1.82) is 0 Å². The Labute approximate surface area is 761 Å². The fourth-order valence-corrected chi connectivity index (χ4v) is 18.2. The largest absolute Gasteiger partial charge is 1.00 e. The maximum atomic E-state index is 11.1. The molecule has 0 bridgehead atoms. The van der Waals surface area contributed by atoms with Gasteiger partial charge >= 0.3 is 45.1 Å². The van der Waals surface area contributed by atoms with Crippen molar-refractivity contribution < 1.29 is 33.3 Å². The number of hydrogen-bond donors (Lipinski definition) is 0. The van der Waals surface area contributed by atoms with Gasteiger partial charge in [0.1, 0.15) is 13.4 Å². The van der Waals surface area contributed by atoms with Crippen LogP contribution in [0.1, 0.15) is 25.0 Å². The number of rotatable bonds is 12. The number of H-pyrrole nitrogens is 1. The maximum Gasteiger partial charge on any atom is 1.00 e. The maximum absolute atomic E-state index is 11.1. The van der Waals surface area contributed by atoms with E-state index in [0.717, 1.165) is 56.1 Å². The van der Waals surface area contributed by atoms with E-state index >= 15 is 0 Å². The molecule has 1 aliphatic rings. The van der Waals surface area contributed by atoms with Gasteiger partial charge in [0.05, 0.1) is 28.5 Å². The average Bonchev–Trinajstić information content (AvgIpc) is 1.40. The second kappa shape index (κ2) is 36.1. The molecule has 22 aromatic rings. The average molecular weight is 1820 g/mol. The van der Waals surface area contributed by atoms with Crippen molar-refractivity contribution in [3.05, 3.63) is 448 Å². The molecule has 3 heterocycles. The van der Waals surface area contributed by atoms with Crippen LogP contribution >= 0.6 is 8.46 Å². The van der Waals surface area contributed by atoms with E-state index in [1.165, 1.54) is 143 Å². The van der Waals surface area contributed by atoms with Gasteiger partial charge in [-0.25, -0.2) is 14.4 Å². The standard InChI is InChI=1S/C53H34N2.C51H38N2.C9H7NO.CH3BFP.Bi.Li.2H/c1-2-16-44(17-3-1)55-50-21-11-10-20-49(50)54-53(55)38-26-22-37(23-27-38)41-30-31-47-48(34-41)52(43-29-25-36-13-5-7-15-40(36)33-43)46-19-9-8-18-45(46)51(47)42-28-24-35-12-4-6-14-39(35)32-42;1-51(2)47-19-11-9-17-43(47)44-31-30-42(34-48(44)51)52(40-26-21-36(22-27-40)35-13-5-3-6-14-35)41-28-23-37(24-29-41)38-25-32-50-46(33-38)45-18-10-12-20-49(45)53(50)39-15-7-4-8-16-39;11-8-5-1-3-7-4-2-6-10-9(7)8;2-4-1-3;;;;/h1-34H;3-34H,1-2H3;1-6,11H;4H,1H2;;;;/q;;;;;+1;;. The van der Waals surface area contributed by atoms with Crippen molar-refractivity contribution >= 4 is 146 Å². The number of nitrogens with one attached hydrogen (secondary N) is 1. The van der Waals surface area contributed by atoms with Gasteiger partial charge in [-0.1, -0.05) is 317 Å². The number of benzene rings is 19. The summed E-state index contributed by atoms with van der Waals surface area (Å²) in [6, 6.07) is 155. The molecule has 1 unspecified atom stereocenters. The third kappa shape index (κ3) is 15.9. The summed E-state index contributed by atoms with van der Waals surface area (Å²) < 4.78 is 15.2. The molecule has 0 spiro atoms. The summed E-state index contributed by atoms with van der Waals surface area (Å²) >= 11 is 0. The summed E-state index contributed by atoms with van der Waals surface area (Å²) in [5.41, 5.74) is 29.4. The Bertz CT molecular complexity index is 7690. The fraction of sp³-hybridized carbons (Fsp3) is 0.0351. The molecule has 0 amide bonds. The van der Waals surface area contributed by atoms with Gasteiger partial charge in [0.2, 0.25) is 5.52 Å². The van der Waals surface area contributed by atoms with Crippen molar-refractivity contribution in [2.24, 2.45) is 0 Å². The number of nitrogens with zero attached hydrogens (tertiary/aromatic N) is 4. The summed E-state index contributed by atoms with van der Waals surface area (Å²) in [5, 5.41) is 24.6. The van der Waals surface area contributed by atoms with Gasteiger partial charge in [-0.15, -0.1) is 8.46 Å². The third-order valence-corrected chi connectivity index (χ3v) is 24.2. The van der Waals surface area contributed by atoms with Crippen LogP contribution < -0.4 is 33.9 Å². The third-order valence-electron chi connectivity index (χ3n) is 24.1. The number of imidazole rings is 1. The Morgan fingerprint density at radius 1 is 0.344 bits per heavy atom. The van der Waals surface area contributed by atoms with Crippen LogP contribution in [0.25, 0.3) is 176 Å². The summed E-state index contributed by atoms with van der Waals surface area (Å²) in [5.74, 6) is 0.977. The van der Waals surface area contributed by atoms with Crippen LogP contribution in [-0.2, 0) is 5.41 Å². The number of fused-ring (bicyclic) bond motifs is 12. The Morgan fingerprint density at radius 2 is 0.776 bits per heavy atom. The first-order valence-corrected chi connectivity index (χ1v) is 42.9. The molecule has 591 valence electrons. The predicted molar refractivity (Wildman–Crippen MR) is 525 cm³/mol. The van der Waals surface area contributed by atoms with Crippen LogP contribution in [0, 0.1) is 0 Å². The molecular weight excluding hydrogens is 1730 g/mol. The van der Waals surface area contributed by atoms with E-state index in [2.05, 4.69) is 441 Å². The van der Waals surface area contributed by atoms with Crippen molar-refractivity contribution in [3.8, 4) is 95.3 Å². The molecule has 6 nitrogen and oxygen atoms in total. The number of anilines is 3. The number of halogens is 1. The topological polar surface area (TPSA) is 63.2 Å². The molecule has 1 N–H and O–H groups in total. The molecule has 3 aromatic heterocycles. The van der Waals surface area contributed by atoms with Crippen molar-refractivity contribution in [3.63, 3.8) is 0 Å². The van der Waals surface area contributed by atoms with E-state index in [4.69, 9.17) is 4.98 Å². The van der Waals surface area contributed by atoms with E-state index in [-0.39, 0.29) is 71.1 Å². The Kier molecular flexibility index (Phi) is 23.8. The van der Waals surface area contributed by atoms with E-state index in [9.17, 15) is 9.50 Å². The minimum atomic E-state index is -0.375. The smallest absolute Gasteiger partial charge is 0.868 e. The second-order valence-corrected chi connectivity index (χ2v) is 32.4. The SMILES string of the molecule is CC1(C)c2ccccc2-c2ccc(N(c3ccc(-c4ccccc4)cc3)c3ccc(-c4ccc5c(c4)c4ccccc4n5-c4ccccc4)cc3)cc21.[B]PCF.[BiH2].[Li+].[O-]c1cccc2ccc[nH+]c12.c1ccc(-n2c(-c3ccc(-c4ccc5c(-c6ccc7ccccc7c6)c6ccccc6c(-c6ccc7ccccc7c6)c5c4)cc3)nc3ccccc32)cc1. The van der Waals surface area contributed by atoms with Crippen LogP contribution in [0.2, 0.25) is 0 Å². The summed E-state index contributed by atoms with van der Waals surface area (Å²) in [6.07, 6.45) is 1.38. The number of aromatic amines is 1. The van der Waals surface area contributed by atoms with Crippen LogP contribution in [0.3, 0.4) is 0 Å². The molecule has 11 heteroatoms. The monoisotopic (exact) mass is 1820 g/mol. The second-order valence-electron chi connectivity index (χ2n) is 31.7. The summed E-state index contributed by atoms with van der Waals surface area (Å²) in [7, 11) is 4.65. The molecule has 0 saturated heterocycles. The molecule has 1 aliphatic carbocycles. The first-order chi connectivity index (χ1) is 60.6.